The molecule has 0 fully saturated rings. The lowest BCUT2D eigenvalue weighted by Crippen LogP contribution is -1.89. The van der Waals surface area contributed by atoms with Crippen LogP contribution < -0.4 is 0 Å². The van der Waals surface area contributed by atoms with E-state index < -0.39 is 0 Å². The van der Waals surface area contributed by atoms with Crippen molar-refractivity contribution < 1.29 is 4.42 Å². The molecule has 0 saturated carbocycles. The van der Waals surface area contributed by atoms with Crippen LogP contribution in [0.2, 0.25) is 0 Å². The first-order chi connectivity index (χ1) is 19.3. The van der Waals surface area contributed by atoms with Gasteiger partial charge in [0.1, 0.15) is 11.2 Å². The van der Waals surface area contributed by atoms with Crippen LogP contribution in [0.4, 0.5) is 0 Å². The van der Waals surface area contributed by atoms with Crippen LogP contribution in [0, 0.1) is 0 Å². The number of furan rings is 1. The van der Waals surface area contributed by atoms with E-state index in [1.807, 2.05) is 6.07 Å². The Morgan fingerprint density at radius 2 is 1.03 bits per heavy atom. The number of hydrogen-bond acceptors (Lipinski definition) is 1. The highest BCUT2D eigenvalue weighted by atomic mass is 16.3. The van der Waals surface area contributed by atoms with E-state index in [4.69, 9.17) is 4.42 Å². The van der Waals surface area contributed by atoms with Crippen LogP contribution in [0.15, 0.2) is 138 Å². The quantitative estimate of drug-likeness (QED) is 0.218. The normalized spacial score (nSPS) is 12.1. The first-order valence-corrected chi connectivity index (χ1v) is 13.4. The number of hydrogen-bond donors (Lipinski definition) is 0. The number of rotatable bonds is 2. The predicted molar refractivity (Wildman–Crippen MR) is 166 cm³/mol. The SMILES string of the molecule is c1ccc2cc(-c3ccc(-c4cc5cccc6c7c8ccccc8oc7c7cccc4c7c56)cc3)ccc2c1. The second kappa shape index (κ2) is 7.69. The first-order valence-electron chi connectivity index (χ1n) is 13.4. The lowest BCUT2D eigenvalue weighted by molar-refractivity contribution is 0.673. The van der Waals surface area contributed by atoms with Gasteiger partial charge in [0.2, 0.25) is 0 Å². The fraction of sp³-hybridized carbons (Fsp3) is 0. The largest absolute Gasteiger partial charge is 0.455 e. The lowest BCUT2D eigenvalue weighted by Gasteiger charge is -2.16. The van der Waals surface area contributed by atoms with Gasteiger partial charge in [0, 0.05) is 21.5 Å². The molecule has 0 radical (unpaired) electrons. The van der Waals surface area contributed by atoms with Crippen LogP contribution in [0.3, 0.4) is 0 Å². The van der Waals surface area contributed by atoms with Crippen molar-refractivity contribution in [3.63, 3.8) is 0 Å². The molecule has 0 spiro atoms. The van der Waals surface area contributed by atoms with Crippen molar-refractivity contribution >= 4 is 65.0 Å². The van der Waals surface area contributed by atoms with Crippen molar-refractivity contribution in [2.75, 3.05) is 0 Å². The molecule has 0 aliphatic rings. The third-order valence-electron chi connectivity index (χ3n) is 8.39. The highest BCUT2D eigenvalue weighted by Gasteiger charge is 2.20. The topological polar surface area (TPSA) is 13.1 Å². The van der Waals surface area contributed by atoms with Crippen LogP contribution in [0.5, 0.6) is 0 Å². The van der Waals surface area contributed by atoms with E-state index in [2.05, 4.69) is 127 Å². The molecule has 0 N–H and O–H groups in total. The van der Waals surface area contributed by atoms with Crippen molar-refractivity contribution in [1.82, 2.24) is 0 Å². The van der Waals surface area contributed by atoms with E-state index in [0.29, 0.717) is 0 Å². The monoisotopic (exact) mass is 494 g/mol. The second-order valence-electron chi connectivity index (χ2n) is 10.5. The van der Waals surface area contributed by atoms with Gasteiger partial charge < -0.3 is 4.42 Å². The molecule has 0 atom stereocenters. The van der Waals surface area contributed by atoms with Crippen molar-refractivity contribution in [2.45, 2.75) is 0 Å². The molecule has 39 heavy (non-hydrogen) atoms. The zero-order valence-electron chi connectivity index (χ0n) is 21.1. The molecule has 1 heteroatoms. The lowest BCUT2D eigenvalue weighted by atomic mass is 9.87. The molecule has 180 valence electrons. The maximum Gasteiger partial charge on any atom is 0.143 e. The van der Waals surface area contributed by atoms with Gasteiger partial charge in [0.05, 0.1) is 0 Å². The zero-order valence-corrected chi connectivity index (χ0v) is 21.1. The van der Waals surface area contributed by atoms with E-state index in [-0.39, 0.29) is 0 Å². The Kier molecular flexibility index (Phi) is 4.11. The predicted octanol–water partition coefficient (Wildman–Crippen LogP) is 11.0. The fourth-order valence-electron chi connectivity index (χ4n) is 6.60. The Labute approximate surface area is 224 Å². The van der Waals surface area contributed by atoms with Gasteiger partial charge in [-0.3, -0.25) is 0 Å². The summed E-state index contributed by atoms with van der Waals surface area (Å²) in [5, 5.41) is 12.5. The molecule has 9 rings (SSSR count). The van der Waals surface area contributed by atoms with E-state index in [0.717, 1.165) is 11.2 Å². The maximum atomic E-state index is 6.51. The summed E-state index contributed by atoms with van der Waals surface area (Å²) < 4.78 is 6.51. The Hall–Kier alpha value is -5.14. The third kappa shape index (κ3) is 2.90. The van der Waals surface area contributed by atoms with Gasteiger partial charge in [-0.25, -0.2) is 0 Å². The Morgan fingerprint density at radius 1 is 0.359 bits per heavy atom. The van der Waals surface area contributed by atoms with Crippen LogP contribution in [0.1, 0.15) is 0 Å². The smallest absolute Gasteiger partial charge is 0.143 e. The summed E-state index contributed by atoms with van der Waals surface area (Å²) in [5.74, 6) is 0. The van der Waals surface area contributed by atoms with Gasteiger partial charge in [-0.05, 0) is 72.8 Å². The molecule has 1 aromatic heterocycles. The van der Waals surface area contributed by atoms with Gasteiger partial charge in [-0.15, -0.1) is 0 Å². The number of fused-ring (bicyclic) bond motifs is 6. The number of benzene rings is 8. The van der Waals surface area contributed by atoms with Gasteiger partial charge in [0.15, 0.2) is 0 Å². The molecule has 0 saturated heterocycles. The average molecular weight is 495 g/mol. The van der Waals surface area contributed by atoms with Gasteiger partial charge in [-0.1, -0.05) is 115 Å². The minimum absolute atomic E-state index is 0.939. The standard InChI is InChI=1S/C38H22O/c1-2-8-26-21-27(20-17-23(26)7-1)24-15-18-25(19-16-24)33-22-28-9-5-12-31-35(28)36-29(33)11-6-13-32(36)38-37(31)30-10-3-4-14-34(30)39-38/h1-22H. The Bertz CT molecular complexity index is 2370. The van der Waals surface area contributed by atoms with E-state index in [9.17, 15) is 0 Å². The summed E-state index contributed by atoms with van der Waals surface area (Å²) in [6.45, 7) is 0. The van der Waals surface area contributed by atoms with Crippen LogP contribution in [-0.2, 0) is 0 Å². The summed E-state index contributed by atoms with van der Waals surface area (Å²) in [7, 11) is 0. The molecule has 1 heterocycles. The van der Waals surface area contributed by atoms with Gasteiger partial charge in [0.25, 0.3) is 0 Å². The average Bonchev–Trinajstić information content (AvgIpc) is 3.40. The molecule has 0 aliphatic carbocycles. The van der Waals surface area contributed by atoms with Crippen molar-refractivity contribution in [2.24, 2.45) is 0 Å². The minimum atomic E-state index is 0.939. The van der Waals surface area contributed by atoms with E-state index in [1.54, 1.807) is 0 Å². The van der Waals surface area contributed by atoms with Gasteiger partial charge >= 0.3 is 0 Å². The van der Waals surface area contributed by atoms with E-state index in [1.165, 1.54) is 76.1 Å². The Morgan fingerprint density at radius 3 is 1.95 bits per heavy atom. The summed E-state index contributed by atoms with van der Waals surface area (Å²) in [6, 6.07) is 48.3. The molecule has 1 nitrogen and oxygen atoms in total. The highest BCUT2D eigenvalue weighted by Crippen LogP contribution is 2.46. The molecular weight excluding hydrogens is 472 g/mol. The molecule has 9 aromatic rings. The molecule has 0 unspecified atom stereocenters. The van der Waals surface area contributed by atoms with Crippen LogP contribution >= 0.6 is 0 Å². The van der Waals surface area contributed by atoms with Crippen molar-refractivity contribution in [1.29, 1.82) is 0 Å². The van der Waals surface area contributed by atoms with E-state index >= 15 is 0 Å². The summed E-state index contributed by atoms with van der Waals surface area (Å²) >= 11 is 0. The Balaban J connectivity index is 1.30. The summed E-state index contributed by atoms with van der Waals surface area (Å²) in [4.78, 5) is 0. The van der Waals surface area contributed by atoms with Crippen LogP contribution in [0.25, 0.3) is 87.3 Å². The van der Waals surface area contributed by atoms with Gasteiger partial charge in [-0.2, -0.15) is 0 Å². The molecule has 0 amide bonds. The number of para-hydroxylation sites is 1. The summed E-state index contributed by atoms with van der Waals surface area (Å²) in [6.07, 6.45) is 0. The fourth-order valence-corrected chi connectivity index (χ4v) is 6.60. The van der Waals surface area contributed by atoms with Crippen molar-refractivity contribution in [3.8, 4) is 22.3 Å². The van der Waals surface area contributed by atoms with Crippen LogP contribution in [-0.4, -0.2) is 0 Å². The summed E-state index contributed by atoms with van der Waals surface area (Å²) in [5.41, 5.74) is 6.85. The highest BCUT2D eigenvalue weighted by molar-refractivity contribution is 6.37. The minimum Gasteiger partial charge on any atom is -0.455 e. The third-order valence-corrected chi connectivity index (χ3v) is 8.39. The second-order valence-corrected chi connectivity index (χ2v) is 10.5. The first kappa shape index (κ1) is 20.9. The van der Waals surface area contributed by atoms with Crippen molar-refractivity contribution in [3.05, 3.63) is 133 Å². The zero-order chi connectivity index (χ0) is 25.5. The molecular formula is C38H22O. The maximum absolute atomic E-state index is 6.51. The molecule has 0 aliphatic heterocycles. The molecule has 0 bridgehead atoms. The molecule has 8 aromatic carbocycles.